The van der Waals surface area contributed by atoms with E-state index in [2.05, 4.69) is 23.3 Å². The fourth-order valence-corrected chi connectivity index (χ4v) is 10.0. The number of carbonyl (C=O) groups is 1. The predicted molar refractivity (Wildman–Crippen MR) is 273 cm³/mol. The molecule has 0 aromatic carbocycles. The first-order valence-corrected chi connectivity index (χ1v) is 29.8. The first-order chi connectivity index (χ1) is 32.5. The van der Waals surface area contributed by atoms with Crippen LogP contribution in [0.2, 0.25) is 0 Å². The Morgan fingerprint density at radius 1 is 0.537 bits per heavy atom. The standard InChI is InChI=1S/C54H107NO11S/c1-3-5-7-9-11-13-15-17-19-20-21-22-23-24-25-26-27-28-29-30-32-34-36-38-40-42-44-50(58)55-47(46-64-54-52(60)53(66-67(61,62)63)51(59)49(45-56)65-54)48(57)43-41-39-37-35-33-31-18-16-14-12-10-8-6-4-2/h47-49,51-54,56-57,59-60H,3-46H2,1-2H3,(H,55,58)(H,61,62,63). The number of aliphatic hydroxyl groups excluding tert-OH is 4. The Bertz CT molecular complexity index is 1200. The lowest BCUT2D eigenvalue weighted by molar-refractivity contribution is -0.298. The molecule has 1 saturated heterocycles. The minimum absolute atomic E-state index is 0.223. The van der Waals surface area contributed by atoms with Crippen molar-refractivity contribution in [2.75, 3.05) is 13.2 Å². The van der Waals surface area contributed by atoms with Gasteiger partial charge in [-0.25, -0.2) is 4.18 Å². The minimum Gasteiger partial charge on any atom is -0.394 e. The van der Waals surface area contributed by atoms with Crippen LogP contribution in [0.1, 0.15) is 284 Å². The topological polar surface area (TPSA) is 192 Å². The van der Waals surface area contributed by atoms with Gasteiger partial charge in [-0.1, -0.05) is 264 Å². The second kappa shape index (κ2) is 45.0. The van der Waals surface area contributed by atoms with Gasteiger partial charge in [0, 0.05) is 6.42 Å². The zero-order valence-corrected chi connectivity index (χ0v) is 44.1. The molecule has 1 amide bonds. The van der Waals surface area contributed by atoms with Crippen molar-refractivity contribution in [2.45, 2.75) is 326 Å². The van der Waals surface area contributed by atoms with Crippen LogP contribution in [0.4, 0.5) is 0 Å². The molecule has 12 nitrogen and oxygen atoms in total. The molecule has 0 bridgehead atoms. The van der Waals surface area contributed by atoms with Crippen molar-refractivity contribution in [3.05, 3.63) is 0 Å². The highest BCUT2D eigenvalue weighted by Gasteiger charge is 2.48. The Hall–Kier alpha value is -0.900. The Morgan fingerprint density at radius 3 is 1.19 bits per heavy atom. The van der Waals surface area contributed by atoms with Crippen molar-refractivity contribution in [3.8, 4) is 0 Å². The monoisotopic (exact) mass is 978 g/mol. The van der Waals surface area contributed by atoms with Gasteiger partial charge in [0.25, 0.3) is 0 Å². The van der Waals surface area contributed by atoms with E-state index in [0.29, 0.717) is 12.8 Å². The number of nitrogens with one attached hydrogen (secondary N) is 1. The maximum absolute atomic E-state index is 13.1. The molecule has 13 heteroatoms. The van der Waals surface area contributed by atoms with Gasteiger partial charge < -0.3 is 35.2 Å². The molecule has 1 rings (SSSR count). The molecule has 1 fully saturated rings. The van der Waals surface area contributed by atoms with Crippen LogP contribution in [0, 0.1) is 0 Å². The third-order valence-electron chi connectivity index (χ3n) is 13.9. The summed E-state index contributed by atoms with van der Waals surface area (Å²) < 4.78 is 47.8. The Morgan fingerprint density at radius 2 is 0.866 bits per heavy atom. The van der Waals surface area contributed by atoms with E-state index in [1.165, 1.54) is 205 Å². The first-order valence-electron chi connectivity index (χ1n) is 28.4. The maximum Gasteiger partial charge on any atom is 0.397 e. The van der Waals surface area contributed by atoms with Gasteiger partial charge in [-0.15, -0.1) is 0 Å². The first kappa shape index (κ1) is 64.1. The summed E-state index contributed by atoms with van der Waals surface area (Å²) in [5, 5.41) is 45.0. The van der Waals surface area contributed by atoms with E-state index in [1.54, 1.807) is 0 Å². The lowest BCUT2D eigenvalue weighted by Gasteiger charge is -2.41. The second-order valence-corrected chi connectivity index (χ2v) is 21.3. The van der Waals surface area contributed by atoms with Crippen LogP contribution in [0.25, 0.3) is 0 Å². The summed E-state index contributed by atoms with van der Waals surface area (Å²) in [5.74, 6) is -0.223. The Labute approximate surface area is 411 Å². The van der Waals surface area contributed by atoms with Crippen LogP contribution in [-0.4, -0.2) is 95.4 Å². The average molecular weight is 979 g/mol. The molecule has 7 atom stereocenters. The van der Waals surface area contributed by atoms with Gasteiger partial charge in [-0.2, -0.15) is 8.42 Å². The molecule has 1 heterocycles. The van der Waals surface area contributed by atoms with E-state index >= 15 is 0 Å². The largest absolute Gasteiger partial charge is 0.397 e. The van der Waals surface area contributed by atoms with E-state index in [9.17, 15) is 38.2 Å². The highest BCUT2D eigenvalue weighted by atomic mass is 32.3. The molecule has 6 N–H and O–H groups in total. The maximum atomic E-state index is 13.1. The quantitative estimate of drug-likeness (QED) is 0.0251. The molecule has 0 spiro atoms. The summed E-state index contributed by atoms with van der Waals surface area (Å²) >= 11 is 0. The number of rotatable bonds is 50. The molecule has 0 aromatic heterocycles. The van der Waals surface area contributed by atoms with Crippen LogP contribution < -0.4 is 5.32 Å². The van der Waals surface area contributed by atoms with E-state index in [-0.39, 0.29) is 12.5 Å². The van der Waals surface area contributed by atoms with Crippen LogP contribution in [-0.2, 0) is 28.9 Å². The highest BCUT2D eigenvalue weighted by molar-refractivity contribution is 7.80. The summed E-state index contributed by atoms with van der Waals surface area (Å²) in [5.41, 5.74) is 0. The van der Waals surface area contributed by atoms with Gasteiger partial charge >= 0.3 is 10.4 Å². The third kappa shape index (κ3) is 37.5. The third-order valence-corrected chi connectivity index (χ3v) is 14.4. The molecule has 7 unspecified atom stereocenters. The molecule has 1 aliphatic rings. The molecular weight excluding hydrogens is 871 g/mol. The minimum atomic E-state index is -5.08. The molecule has 0 aromatic rings. The van der Waals surface area contributed by atoms with Crippen molar-refractivity contribution >= 4 is 16.3 Å². The number of aliphatic hydroxyl groups is 4. The number of amides is 1. The lowest BCUT2D eigenvalue weighted by atomic mass is 9.99. The number of hydrogen-bond donors (Lipinski definition) is 6. The van der Waals surface area contributed by atoms with E-state index in [1.807, 2.05) is 0 Å². The van der Waals surface area contributed by atoms with Crippen molar-refractivity contribution in [3.63, 3.8) is 0 Å². The zero-order chi connectivity index (χ0) is 49.1. The van der Waals surface area contributed by atoms with E-state index in [0.717, 1.165) is 51.4 Å². The number of carbonyl (C=O) groups excluding carboxylic acids is 1. The molecule has 0 radical (unpaired) electrons. The molecule has 67 heavy (non-hydrogen) atoms. The van der Waals surface area contributed by atoms with Gasteiger partial charge in [-0.05, 0) is 12.8 Å². The van der Waals surface area contributed by atoms with Crippen LogP contribution >= 0.6 is 0 Å². The predicted octanol–water partition coefficient (Wildman–Crippen LogP) is 12.9. The van der Waals surface area contributed by atoms with Crippen molar-refractivity contribution < 1.29 is 51.8 Å². The van der Waals surface area contributed by atoms with Gasteiger partial charge in [0.15, 0.2) is 6.29 Å². The molecule has 0 saturated carbocycles. The Balaban J connectivity index is 2.29. The summed E-state index contributed by atoms with van der Waals surface area (Å²) in [6, 6.07) is -0.852. The smallest absolute Gasteiger partial charge is 0.394 e. The van der Waals surface area contributed by atoms with Crippen molar-refractivity contribution in [1.82, 2.24) is 5.32 Å². The Kier molecular flexibility index (Phi) is 43.1. The normalized spacial score (nSPS) is 19.8. The van der Waals surface area contributed by atoms with Gasteiger partial charge in [0.05, 0.1) is 25.4 Å². The van der Waals surface area contributed by atoms with Crippen LogP contribution in [0.3, 0.4) is 0 Å². The number of ether oxygens (including phenoxy) is 2. The van der Waals surface area contributed by atoms with Gasteiger partial charge in [0.1, 0.15) is 24.4 Å². The van der Waals surface area contributed by atoms with Gasteiger partial charge in [0.2, 0.25) is 5.91 Å². The molecule has 0 aliphatic carbocycles. The van der Waals surface area contributed by atoms with Gasteiger partial charge in [-0.3, -0.25) is 9.35 Å². The van der Waals surface area contributed by atoms with E-state index < -0.39 is 59.9 Å². The van der Waals surface area contributed by atoms with Crippen LogP contribution in [0.15, 0.2) is 0 Å². The number of hydrogen-bond acceptors (Lipinski definition) is 10. The highest BCUT2D eigenvalue weighted by Crippen LogP contribution is 2.26. The fraction of sp³-hybridized carbons (Fsp3) is 0.981. The molecule has 1 aliphatic heterocycles. The summed E-state index contributed by atoms with van der Waals surface area (Å²) in [6.45, 7) is 3.49. The summed E-state index contributed by atoms with van der Waals surface area (Å²) in [6.07, 6.45) is 42.6. The summed E-state index contributed by atoms with van der Waals surface area (Å²) in [4.78, 5) is 13.1. The van der Waals surface area contributed by atoms with Crippen molar-refractivity contribution in [2.24, 2.45) is 0 Å². The van der Waals surface area contributed by atoms with E-state index in [4.69, 9.17) is 9.47 Å². The molecule has 400 valence electrons. The molecular formula is C54H107NO11S. The number of unbranched alkanes of at least 4 members (excludes halogenated alkanes) is 38. The van der Waals surface area contributed by atoms with Crippen LogP contribution in [0.5, 0.6) is 0 Å². The average Bonchev–Trinajstić information content (AvgIpc) is 3.30. The van der Waals surface area contributed by atoms with Crippen molar-refractivity contribution in [1.29, 1.82) is 0 Å². The fourth-order valence-electron chi connectivity index (χ4n) is 9.52. The SMILES string of the molecule is CCCCCCCCCCCCCCCCCCCCCCCCCCCCC(=O)NC(COC1OC(CO)C(O)C(OS(=O)(=O)O)C1O)C(O)CCCCCCCCCCCCCCCC. The summed E-state index contributed by atoms with van der Waals surface area (Å²) in [7, 11) is -5.08. The zero-order valence-electron chi connectivity index (χ0n) is 43.2. The second-order valence-electron chi connectivity index (χ2n) is 20.2. The lowest BCUT2D eigenvalue weighted by Crippen LogP contribution is -2.61.